The van der Waals surface area contributed by atoms with Crippen molar-refractivity contribution in [3.05, 3.63) is 57.5 Å². The Labute approximate surface area is 131 Å². The summed E-state index contributed by atoms with van der Waals surface area (Å²) in [5.41, 5.74) is 3.16. The molecular formula is C12H9Cl3N2O2S. The van der Waals surface area contributed by atoms with Gasteiger partial charge < -0.3 is 5.43 Å². The number of hydrazine groups is 1. The first-order valence-electron chi connectivity index (χ1n) is 5.37. The zero-order valence-corrected chi connectivity index (χ0v) is 13.0. The van der Waals surface area contributed by atoms with Crippen LogP contribution in [0.3, 0.4) is 0 Å². The molecule has 0 heterocycles. The maximum Gasteiger partial charge on any atom is 0.258 e. The van der Waals surface area contributed by atoms with Crippen LogP contribution < -0.4 is 10.3 Å². The highest BCUT2D eigenvalue weighted by molar-refractivity contribution is 7.89. The monoisotopic (exact) mass is 350 g/mol. The second-order valence-corrected chi connectivity index (χ2v) is 6.67. The Kier molecular flexibility index (Phi) is 4.78. The van der Waals surface area contributed by atoms with Crippen LogP contribution in [0.15, 0.2) is 47.4 Å². The van der Waals surface area contributed by atoms with E-state index in [-0.39, 0.29) is 20.0 Å². The molecule has 0 saturated carbocycles. The molecule has 0 aliphatic rings. The molecule has 0 bridgehead atoms. The lowest BCUT2D eigenvalue weighted by atomic mass is 10.3. The molecule has 8 heteroatoms. The van der Waals surface area contributed by atoms with Crippen molar-refractivity contribution in [2.24, 2.45) is 0 Å². The fourth-order valence-corrected chi connectivity index (χ4v) is 3.28. The third-order valence-corrected chi connectivity index (χ3v) is 4.80. The van der Waals surface area contributed by atoms with Crippen LogP contribution in [0.2, 0.25) is 15.1 Å². The molecule has 2 aromatic rings. The molecule has 20 heavy (non-hydrogen) atoms. The molecule has 2 rings (SSSR count). The Morgan fingerprint density at radius 1 is 0.850 bits per heavy atom. The Bertz CT molecular complexity index is 721. The van der Waals surface area contributed by atoms with Gasteiger partial charge in [-0.3, -0.25) is 0 Å². The van der Waals surface area contributed by atoms with E-state index in [4.69, 9.17) is 34.8 Å². The number of rotatable bonds is 4. The molecule has 106 valence electrons. The van der Waals surface area contributed by atoms with Gasteiger partial charge in [0.05, 0.1) is 15.1 Å². The van der Waals surface area contributed by atoms with Gasteiger partial charge in [0.2, 0.25) is 0 Å². The average molecular weight is 352 g/mol. The predicted octanol–water partition coefficient (Wildman–Crippen LogP) is 3.95. The normalized spacial score (nSPS) is 11.3. The third kappa shape index (κ3) is 3.56. The Morgan fingerprint density at radius 3 is 2.10 bits per heavy atom. The minimum Gasteiger partial charge on any atom is -0.308 e. The second-order valence-electron chi connectivity index (χ2n) is 3.79. The van der Waals surface area contributed by atoms with Gasteiger partial charge in [-0.05, 0) is 24.3 Å². The topological polar surface area (TPSA) is 58.2 Å². The van der Waals surface area contributed by atoms with Gasteiger partial charge >= 0.3 is 0 Å². The van der Waals surface area contributed by atoms with Gasteiger partial charge in [0.25, 0.3) is 10.0 Å². The summed E-state index contributed by atoms with van der Waals surface area (Å²) in [4.78, 5) is 2.06. The number of halogens is 3. The molecule has 0 spiro atoms. The highest BCUT2D eigenvalue weighted by atomic mass is 35.5. The van der Waals surface area contributed by atoms with Gasteiger partial charge in [0.1, 0.15) is 4.90 Å². The number of nitrogens with one attached hydrogen (secondary N) is 2. The molecule has 4 nitrogen and oxygen atoms in total. The van der Waals surface area contributed by atoms with Gasteiger partial charge in [-0.2, -0.15) is 0 Å². The van der Waals surface area contributed by atoms with E-state index in [9.17, 15) is 8.42 Å². The minimum atomic E-state index is -3.86. The lowest BCUT2D eigenvalue weighted by Gasteiger charge is -2.11. The van der Waals surface area contributed by atoms with E-state index in [1.807, 2.05) is 6.07 Å². The predicted molar refractivity (Wildman–Crippen MR) is 81.9 cm³/mol. The summed E-state index contributed by atoms with van der Waals surface area (Å²) in [6.45, 7) is 0. The van der Waals surface area contributed by atoms with Crippen LogP contribution >= 0.6 is 34.8 Å². The molecule has 2 aromatic carbocycles. The molecule has 0 unspecified atom stereocenters. The van der Waals surface area contributed by atoms with Crippen molar-refractivity contribution >= 4 is 50.5 Å². The van der Waals surface area contributed by atoms with Crippen LogP contribution in [0.4, 0.5) is 5.69 Å². The van der Waals surface area contributed by atoms with Gasteiger partial charge in [-0.15, -0.1) is 4.83 Å². The first-order valence-corrected chi connectivity index (χ1v) is 7.99. The van der Waals surface area contributed by atoms with E-state index in [2.05, 4.69) is 10.3 Å². The number of hydrogen-bond donors (Lipinski definition) is 2. The van der Waals surface area contributed by atoms with Crippen LogP contribution in [-0.4, -0.2) is 8.42 Å². The molecule has 2 N–H and O–H groups in total. The summed E-state index contributed by atoms with van der Waals surface area (Å²) in [5.74, 6) is 0. The molecule has 0 amide bonds. The second kappa shape index (κ2) is 6.20. The van der Waals surface area contributed by atoms with E-state index in [0.29, 0.717) is 5.69 Å². The minimum absolute atomic E-state index is 0.0123. The zero-order chi connectivity index (χ0) is 14.8. The molecule has 0 fully saturated rings. The van der Waals surface area contributed by atoms with E-state index in [1.165, 1.54) is 12.1 Å². The van der Waals surface area contributed by atoms with Crippen LogP contribution in [0, 0.1) is 0 Å². The first-order chi connectivity index (χ1) is 9.40. The summed E-state index contributed by atoms with van der Waals surface area (Å²) in [6, 6.07) is 11.2. The standard InChI is InChI=1S/C12H9Cl3N2O2S/c13-9-6-11(15)12(7-10(9)14)20(18,19)17-16-8-4-2-1-3-5-8/h1-7,16-17H. The lowest BCUT2D eigenvalue weighted by Crippen LogP contribution is -2.29. The largest absolute Gasteiger partial charge is 0.308 e. The summed E-state index contributed by atoms with van der Waals surface area (Å²) < 4.78 is 24.3. The molecule has 0 aromatic heterocycles. The summed E-state index contributed by atoms with van der Waals surface area (Å²) in [7, 11) is -3.86. The highest BCUT2D eigenvalue weighted by Crippen LogP contribution is 2.31. The van der Waals surface area contributed by atoms with E-state index < -0.39 is 10.0 Å². The average Bonchev–Trinajstić information content (AvgIpc) is 2.42. The van der Waals surface area contributed by atoms with Crippen LogP contribution in [0.25, 0.3) is 0 Å². The molecule has 0 radical (unpaired) electrons. The number of anilines is 1. The van der Waals surface area contributed by atoms with Crippen molar-refractivity contribution in [1.82, 2.24) is 4.83 Å². The Balaban J connectivity index is 2.25. The number of benzene rings is 2. The molecular weight excluding hydrogens is 343 g/mol. The molecule has 0 saturated heterocycles. The fraction of sp³-hybridized carbons (Fsp3) is 0. The van der Waals surface area contributed by atoms with Gasteiger partial charge in [-0.25, -0.2) is 8.42 Å². The molecule has 0 aliphatic carbocycles. The lowest BCUT2D eigenvalue weighted by molar-refractivity contribution is 0.588. The number of sulfonamides is 1. The summed E-state index contributed by atoms with van der Waals surface area (Å²) in [5, 5.41) is 0.282. The first kappa shape index (κ1) is 15.4. The van der Waals surface area contributed by atoms with Crippen LogP contribution in [0.5, 0.6) is 0 Å². The van der Waals surface area contributed by atoms with E-state index >= 15 is 0 Å². The van der Waals surface area contributed by atoms with Crippen LogP contribution in [-0.2, 0) is 10.0 Å². The van der Waals surface area contributed by atoms with E-state index in [0.717, 1.165) is 0 Å². The Hall–Kier alpha value is -0.980. The quantitative estimate of drug-likeness (QED) is 0.647. The SMILES string of the molecule is O=S(=O)(NNc1ccccc1)c1cc(Cl)c(Cl)cc1Cl. The Morgan fingerprint density at radius 2 is 1.45 bits per heavy atom. The smallest absolute Gasteiger partial charge is 0.258 e. The maximum atomic E-state index is 12.1. The highest BCUT2D eigenvalue weighted by Gasteiger charge is 2.19. The summed E-state index contributed by atoms with van der Waals surface area (Å²) in [6.07, 6.45) is 0. The van der Waals surface area contributed by atoms with Crippen molar-refractivity contribution in [1.29, 1.82) is 0 Å². The van der Waals surface area contributed by atoms with Crippen molar-refractivity contribution in [2.75, 3.05) is 5.43 Å². The van der Waals surface area contributed by atoms with Gasteiger partial charge in [0, 0.05) is 5.69 Å². The van der Waals surface area contributed by atoms with Crippen molar-refractivity contribution in [2.45, 2.75) is 4.90 Å². The van der Waals surface area contributed by atoms with Crippen molar-refractivity contribution < 1.29 is 8.42 Å². The zero-order valence-electron chi connectivity index (χ0n) is 9.90. The van der Waals surface area contributed by atoms with Gasteiger partial charge in [-0.1, -0.05) is 53.0 Å². The van der Waals surface area contributed by atoms with Crippen molar-refractivity contribution in [3.8, 4) is 0 Å². The third-order valence-electron chi connectivity index (χ3n) is 2.37. The molecule has 0 atom stereocenters. The summed E-state index contributed by atoms with van der Waals surface area (Å²) >= 11 is 17.4. The fourth-order valence-electron chi connectivity index (χ4n) is 1.41. The van der Waals surface area contributed by atoms with Gasteiger partial charge in [0.15, 0.2) is 0 Å². The number of para-hydroxylation sites is 1. The van der Waals surface area contributed by atoms with Crippen LogP contribution in [0.1, 0.15) is 0 Å². The molecule has 0 aliphatic heterocycles. The number of hydrogen-bond acceptors (Lipinski definition) is 3. The maximum absolute atomic E-state index is 12.1. The van der Waals surface area contributed by atoms with E-state index in [1.54, 1.807) is 24.3 Å². The van der Waals surface area contributed by atoms with Crippen molar-refractivity contribution in [3.63, 3.8) is 0 Å².